The third kappa shape index (κ3) is 1.83. The highest BCUT2D eigenvalue weighted by Gasteiger charge is 2.12. The third-order valence-electron chi connectivity index (χ3n) is 2.08. The minimum absolute atomic E-state index is 0.0613. The van der Waals surface area contributed by atoms with Gasteiger partial charge in [-0.05, 0) is 24.5 Å². The molecular weight excluding hydrogens is 148 g/mol. The molecule has 0 saturated heterocycles. The van der Waals surface area contributed by atoms with Crippen LogP contribution in [0.3, 0.4) is 0 Å². The first kappa shape index (κ1) is 9.20. The second kappa shape index (κ2) is 3.68. The molecule has 2 N–H and O–H groups in total. The molecule has 0 aromatic carbocycles. The van der Waals surface area contributed by atoms with Gasteiger partial charge in [-0.1, -0.05) is 19.9 Å². The van der Waals surface area contributed by atoms with Crippen LogP contribution in [-0.2, 0) is 0 Å². The van der Waals surface area contributed by atoms with Gasteiger partial charge in [-0.2, -0.15) is 0 Å². The number of aromatic nitrogens is 1. The van der Waals surface area contributed by atoms with E-state index in [4.69, 9.17) is 5.73 Å². The predicted octanol–water partition coefficient (Wildman–Crippen LogP) is 2.05. The normalized spacial score (nSPS) is 13.4. The Bertz CT molecular complexity index is 256. The Morgan fingerprint density at radius 3 is 2.58 bits per heavy atom. The molecule has 0 saturated carbocycles. The Hall–Kier alpha value is -0.890. The summed E-state index contributed by atoms with van der Waals surface area (Å²) in [4.78, 5) is 4.27. The van der Waals surface area contributed by atoms with Crippen molar-refractivity contribution in [3.63, 3.8) is 0 Å². The Morgan fingerprint density at radius 2 is 2.08 bits per heavy atom. The van der Waals surface area contributed by atoms with Gasteiger partial charge in [-0.3, -0.25) is 4.98 Å². The molecule has 1 atom stereocenters. The van der Waals surface area contributed by atoms with Gasteiger partial charge >= 0.3 is 0 Å². The summed E-state index contributed by atoms with van der Waals surface area (Å²) in [6, 6.07) is 4.04. The lowest BCUT2D eigenvalue weighted by Gasteiger charge is -2.16. The van der Waals surface area contributed by atoms with Gasteiger partial charge in [0.15, 0.2) is 0 Å². The van der Waals surface area contributed by atoms with E-state index in [1.54, 1.807) is 6.20 Å². The molecule has 0 amide bonds. The molecule has 1 rings (SSSR count). The monoisotopic (exact) mass is 164 g/mol. The van der Waals surface area contributed by atoms with Crippen LogP contribution in [0.5, 0.6) is 0 Å². The van der Waals surface area contributed by atoms with E-state index in [0.717, 1.165) is 5.69 Å². The molecule has 0 radical (unpaired) electrons. The molecule has 2 nitrogen and oxygen atoms in total. The zero-order valence-corrected chi connectivity index (χ0v) is 7.91. The molecule has 1 aromatic rings. The second-order valence-electron chi connectivity index (χ2n) is 3.48. The van der Waals surface area contributed by atoms with Crippen molar-refractivity contribution in [3.8, 4) is 0 Å². The second-order valence-corrected chi connectivity index (χ2v) is 3.48. The van der Waals surface area contributed by atoms with E-state index < -0.39 is 0 Å². The summed E-state index contributed by atoms with van der Waals surface area (Å²) >= 11 is 0. The molecule has 2 heteroatoms. The molecule has 0 aliphatic carbocycles. The molecule has 0 unspecified atom stereocenters. The van der Waals surface area contributed by atoms with Gasteiger partial charge in [0.05, 0.1) is 5.69 Å². The van der Waals surface area contributed by atoms with Crippen LogP contribution in [0.1, 0.15) is 31.1 Å². The summed E-state index contributed by atoms with van der Waals surface area (Å²) in [6.07, 6.45) is 1.80. The first-order valence-electron chi connectivity index (χ1n) is 4.30. The fourth-order valence-corrected chi connectivity index (χ4v) is 1.16. The van der Waals surface area contributed by atoms with E-state index >= 15 is 0 Å². The fraction of sp³-hybridized carbons (Fsp3) is 0.500. The maximum atomic E-state index is 5.98. The Balaban J connectivity index is 2.94. The molecular formula is C10H16N2. The maximum absolute atomic E-state index is 5.98. The van der Waals surface area contributed by atoms with Crippen molar-refractivity contribution >= 4 is 0 Å². The van der Waals surface area contributed by atoms with Gasteiger partial charge < -0.3 is 5.73 Å². The van der Waals surface area contributed by atoms with E-state index in [-0.39, 0.29) is 6.04 Å². The van der Waals surface area contributed by atoms with Crippen LogP contribution in [0.2, 0.25) is 0 Å². The van der Waals surface area contributed by atoms with Crippen molar-refractivity contribution in [2.75, 3.05) is 0 Å². The highest BCUT2D eigenvalue weighted by molar-refractivity contribution is 5.20. The van der Waals surface area contributed by atoms with Crippen molar-refractivity contribution < 1.29 is 0 Å². The van der Waals surface area contributed by atoms with Gasteiger partial charge in [-0.25, -0.2) is 0 Å². The summed E-state index contributed by atoms with van der Waals surface area (Å²) in [6.45, 7) is 6.27. The predicted molar refractivity (Wildman–Crippen MR) is 50.7 cm³/mol. The summed E-state index contributed by atoms with van der Waals surface area (Å²) in [7, 11) is 0. The fourth-order valence-electron chi connectivity index (χ4n) is 1.16. The largest absolute Gasteiger partial charge is 0.322 e. The number of hydrogen-bond donors (Lipinski definition) is 1. The Labute approximate surface area is 73.8 Å². The van der Waals surface area contributed by atoms with E-state index in [1.807, 2.05) is 19.1 Å². The number of aryl methyl sites for hydroxylation is 1. The SMILES string of the molecule is Cc1cccnc1[C@@H](N)C(C)C. The van der Waals surface area contributed by atoms with Crippen molar-refractivity contribution in [1.29, 1.82) is 0 Å². The smallest absolute Gasteiger partial charge is 0.0602 e. The number of nitrogens with two attached hydrogens (primary N) is 1. The average Bonchev–Trinajstić information content (AvgIpc) is 2.04. The minimum Gasteiger partial charge on any atom is -0.322 e. The van der Waals surface area contributed by atoms with Crippen LogP contribution < -0.4 is 5.73 Å². The van der Waals surface area contributed by atoms with Gasteiger partial charge in [-0.15, -0.1) is 0 Å². The first-order chi connectivity index (χ1) is 5.63. The Kier molecular flexibility index (Phi) is 2.82. The number of nitrogens with zero attached hydrogens (tertiary/aromatic N) is 1. The van der Waals surface area contributed by atoms with Crippen molar-refractivity contribution in [2.24, 2.45) is 11.7 Å². The summed E-state index contributed by atoms with van der Waals surface area (Å²) in [5.41, 5.74) is 8.18. The minimum atomic E-state index is 0.0613. The zero-order chi connectivity index (χ0) is 9.14. The lowest BCUT2D eigenvalue weighted by atomic mass is 9.99. The molecule has 12 heavy (non-hydrogen) atoms. The van der Waals surface area contributed by atoms with Gasteiger partial charge in [0.2, 0.25) is 0 Å². The highest BCUT2D eigenvalue weighted by Crippen LogP contribution is 2.18. The Morgan fingerprint density at radius 1 is 1.42 bits per heavy atom. The van der Waals surface area contributed by atoms with E-state index in [1.165, 1.54) is 5.56 Å². The zero-order valence-electron chi connectivity index (χ0n) is 7.91. The average molecular weight is 164 g/mol. The molecule has 66 valence electrons. The first-order valence-corrected chi connectivity index (χ1v) is 4.30. The van der Waals surface area contributed by atoms with Crippen LogP contribution in [-0.4, -0.2) is 4.98 Å². The molecule has 0 aliphatic heterocycles. The number of pyridine rings is 1. The lowest BCUT2D eigenvalue weighted by molar-refractivity contribution is 0.501. The molecule has 1 aromatic heterocycles. The molecule has 0 aliphatic rings. The summed E-state index contributed by atoms with van der Waals surface area (Å²) in [5.74, 6) is 0.443. The van der Waals surface area contributed by atoms with Crippen LogP contribution >= 0.6 is 0 Å². The lowest BCUT2D eigenvalue weighted by Crippen LogP contribution is -2.19. The topological polar surface area (TPSA) is 38.9 Å². The molecule has 0 fully saturated rings. The van der Waals surface area contributed by atoms with Crippen LogP contribution in [0, 0.1) is 12.8 Å². The third-order valence-corrected chi connectivity index (χ3v) is 2.08. The standard InChI is InChI=1S/C10H16N2/c1-7(2)9(11)10-8(3)5-4-6-12-10/h4-7,9H,11H2,1-3H3/t9-/m0/s1. The highest BCUT2D eigenvalue weighted by atomic mass is 14.8. The van der Waals surface area contributed by atoms with Crippen LogP contribution in [0.15, 0.2) is 18.3 Å². The van der Waals surface area contributed by atoms with Gasteiger partial charge in [0, 0.05) is 12.2 Å². The number of rotatable bonds is 2. The summed E-state index contributed by atoms with van der Waals surface area (Å²) < 4.78 is 0. The van der Waals surface area contributed by atoms with Crippen molar-refractivity contribution in [1.82, 2.24) is 4.98 Å². The number of hydrogen-bond acceptors (Lipinski definition) is 2. The van der Waals surface area contributed by atoms with E-state index in [2.05, 4.69) is 18.8 Å². The van der Waals surface area contributed by atoms with Gasteiger partial charge in [0.1, 0.15) is 0 Å². The van der Waals surface area contributed by atoms with E-state index in [9.17, 15) is 0 Å². The van der Waals surface area contributed by atoms with Gasteiger partial charge in [0.25, 0.3) is 0 Å². The maximum Gasteiger partial charge on any atom is 0.0602 e. The van der Waals surface area contributed by atoms with Crippen molar-refractivity contribution in [2.45, 2.75) is 26.8 Å². The summed E-state index contributed by atoms with van der Waals surface area (Å²) in [5, 5.41) is 0. The van der Waals surface area contributed by atoms with Crippen LogP contribution in [0.4, 0.5) is 0 Å². The molecule has 0 bridgehead atoms. The van der Waals surface area contributed by atoms with Crippen LogP contribution in [0.25, 0.3) is 0 Å². The molecule has 0 spiro atoms. The quantitative estimate of drug-likeness (QED) is 0.726. The van der Waals surface area contributed by atoms with Crippen molar-refractivity contribution in [3.05, 3.63) is 29.6 Å². The van der Waals surface area contributed by atoms with E-state index in [0.29, 0.717) is 5.92 Å². The molecule has 1 heterocycles.